The van der Waals surface area contributed by atoms with Crippen LogP contribution in [0.1, 0.15) is 10.6 Å². The highest BCUT2D eigenvalue weighted by Crippen LogP contribution is 2.38. The second-order valence-electron chi connectivity index (χ2n) is 4.55. The Bertz CT molecular complexity index is 793. The molecule has 2 aromatic carbocycles. The van der Waals surface area contributed by atoms with Crippen molar-refractivity contribution >= 4 is 22.1 Å². The SMILES string of the molecule is NCc1sc(-c2ccc3ccccc3c2)nc1C(F)(F)F. The molecule has 0 fully saturated rings. The first kappa shape index (κ1) is 14.0. The van der Waals surface area contributed by atoms with Gasteiger partial charge < -0.3 is 5.73 Å². The van der Waals surface area contributed by atoms with Crippen molar-refractivity contribution in [3.8, 4) is 10.6 Å². The first-order valence-electron chi connectivity index (χ1n) is 6.25. The molecule has 1 heterocycles. The van der Waals surface area contributed by atoms with Crippen LogP contribution in [0.15, 0.2) is 42.5 Å². The van der Waals surface area contributed by atoms with Crippen molar-refractivity contribution < 1.29 is 13.2 Å². The third-order valence-electron chi connectivity index (χ3n) is 3.15. The average Bonchev–Trinajstić information content (AvgIpc) is 2.91. The van der Waals surface area contributed by atoms with Crippen molar-refractivity contribution in [3.63, 3.8) is 0 Å². The molecule has 1 aromatic heterocycles. The third kappa shape index (κ3) is 2.64. The van der Waals surface area contributed by atoms with Gasteiger partial charge in [-0.2, -0.15) is 13.2 Å². The number of rotatable bonds is 2. The van der Waals surface area contributed by atoms with Crippen LogP contribution in [-0.2, 0) is 12.7 Å². The predicted molar refractivity (Wildman–Crippen MR) is 77.9 cm³/mol. The summed E-state index contributed by atoms with van der Waals surface area (Å²) >= 11 is 0.992. The maximum atomic E-state index is 12.9. The van der Waals surface area contributed by atoms with Gasteiger partial charge in [0.25, 0.3) is 0 Å². The van der Waals surface area contributed by atoms with Crippen molar-refractivity contribution in [3.05, 3.63) is 53.0 Å². The van der Waals surface area contributed by atoms with E-state index in [-0.39, 0.29) is 11.4 Å². The zero-order valence-electron chi connectivity index (χ0n) is 10.8. The molecule has 0 amide bonds. The van der Waals surface area contributed by atoms with Gasteiger partial charge >= 0.3 is 6.18 Å². The van der Waals surface area contributed by atoms with E-state index in [4.69, 9.17) is 5.73 Å². The molecule has 3 rings (SSSR count). The largest absolute Gasteiger partial charge is 0.434 e. The van der Waals surface area contributed by atoms with E-state index in [0.29, 0.717) is 10.6 Å². The highest BCUT2D eigenvalue weighted by atomic mass is 32.1. The number of fused-ring (bicyclic) bond motifs is 1. The fraction of sp³-hybridized carbons (Fsp3) is 0.133. The van der Waals surface area contributed by atoms with Gasteiger partial charge in [0.05, 0.1) is 4.88 Å². The minimum absolute atomic E-state index is 0.0608. The van der Waals surface area contributed by atoms with Gasteiger partial charge in [-0.25, -0.2) is 4.98 Å². The van der Waals surface area contributed by atoms with Crippen LogP contribution < -0.4 is 5.73 Å². The molecule has 0 bridgehead atoms. The molecule has 2 nitrogen and oxygen atoms in total. The molecule has 3 aromatic rings. The molecule has 6 heteroatoms. The Hall–Kier alpha value is -1.92. The Labute approximate surface area is 123 Å². The van der Waals surface area contributed by atoms with Crippen LogP contribution in [0, 0.1) is 0 Å². The molecule has 0 spiro atoms. The minimum Gasteiger partial charge on any atom is -0.326 e. The molecular weight excluding hydrogens is 297 g/mol. The zero-order valence-corrected chi connectivity index (χ0v) is 11.6. The maximum Gasteiger partial charge on any atom is 0.434 e. The molecule has 0 aliphatic carbocycles. The van der Waals surface area contributed by atoms with Crippen LogP contribution in [0.3, 0.4) is 0 Å². The van der Waals surface area contributed by atoms with E-state index in [2.05, 4.69) is 4.98 Å². The number of thiazole rings is 1. The Morgan fingerprint density at radius 2 is 1.76 bits per heavy atom. The Kier molecular flexibility index (Phi) is 3.43. The Balaban J connectivity index is 2.12. The molecule has 0 unspecified atom stereocenters. The highest BCUT2D eigenvalue weighted by molar-refractivity contribution is 7.15. The first-order chi connectivity index (χ1) is 9.99. The van der Waals surface area contributed by atoms with E-state index in [1.165, 1.54) is 0 Å². The fourth-order valence-corrected chi connectivity index (χ4v) is 3.11. The molecular formula is C15H11F3N2S. The summed E-state index contributed by atoms with van der Waals surface area (Å²) in [6.45, 7) is -0.167. The summed E-state index contributed by atoms with van der Waals surface area (Å²) in [6.07, 6.45) is -4.47. The number of aromatic nitrogens is 1. The summed E-state index contributed by atoms with van der Waals surface area (Å²) in [4.78, 5) is 3.80. The summed E-state index contributed by atoms with van der Waals surface area (Å²) < 4.78 is 38.7. The molecule has 0 radical (unpaired) electrons. The molecule has 2 N–H and O–H groups in total. The van der Waals surface area contributed by atoms with E-state index in [1.54, 1.807) is 6.07 Å². The number of alkyl halides is 3. The molecule has 0 saturated heterocycles. The Morgan fingerprint density at radius 3 is 2.38 bits per heavy atom. The van der Waals surface area contributed by atoms with Crippen molar-refractivity contribution in [2.45, 2.75) is 12.7 Å². The number of hydrogen-bond donors (Lipinski definition) is 1. The minimum atomic E-state index is -4.47. The van der Waals surface area contributed by atoms with Crippen LogP contribution in [0.4, 0.5) is 13.2 Å². The quantitative estimate of drug-likeness (QED) is 0.760. The Morgan fingerprint density at radius 1 is 1.05 bits per heavy atom. The lowest BCUT2D eigenvalue weighted by molar-refractivity contribution is -0.141. The number of hydrogen-bond acceptors (Lipinski definition) is 3. The van der Waals surface area contributed by atoms with Crippen LogP contribution in [0.2, 0.25) is 0 Å². The van der Waals surface area contributed by atoms with Crippen molar-refractivity contribution in [2.75, 3.05) is 0 Å². The van der Waals surface area contributed by atoms with Gasteiger partial charge in [0.2, 0.25) is 0 Å². The molecule has 0 saturated carbocycles. The lowest BCUT2D eigenvalue weighted by Gasteiger charge is -2.03. The van der Waals surface area contributed by atoms with E-state index >= 15 is 0 Å². The summed E-state index contributed by atoms with van der Waals surface area (Å²) in [5.41, 5.74) is 5.19. The smallest absolute Gasteiger partial charge is 0.326 e. The van der Waals surface area contributed by atoms with E-state index in [0.717, 1.165) is 22.1 Å². The van der Waals surface area contributed by atoms with Gasteiger partial charge in [-0.05, 0) is 16.8 Å². The van der Waals surface area contributed by atoms with Crippen molar-refractivity contribution in [2.24, 2.45) is 5.73 Å². The fourth-order valence-electron chi connectivity index (χ4n) is 2.16. The van der Waals surface area contributed by atoms with Gasteiger partial charge in [-0.15, -0.1) is 11.3 Å². The normalized spacial score (nSPS) is 12.0. The van der Waals surface area contributed by atoms with E-state index in [9.17, 15) is 13.2 Å². The van der Waals surface area contributed by atoms with E-state index < -0.39 is 11.9 Å². The van der Waals surface area contributed by atoms with Gasteiger partial charge in [0.15, 0.2) is 5.69 Å². The van der Waals surface area contributed by atoms with Crippen LogP contribution in [0.25, 0.3) is 21.3 Å². The highest BCUT2D eigenvalue weighted by Gasteiger charge is 2.37. The zero-order chi connectivity index (χ0) is 15.0. The lowest BCUT2D eigenvalue weighted by atomic mass is 10.1. The monoisotopic (exact) mass is 308 g/mol. The molecule has 0 atom stereocenters. The van der Waals surface area contributed by atoms with Gasteiger partial charge in [-0.1, -0.05) is 36.4 Å². The van der Waals surface area contributed by atoms with Crippen molar-refractivity contribution in [1.82, 2.24) is 4.98 Å². The topological polar surface area (TPSA) is 38.9 Å². The summed E-state index contributed by atoms with van der Waals surface area (Å²) in [5, 5.41) is 2.34. The summed E-state index contributed by atoms with van der Waals surface area (Å²) in [6, 6.07) is 13.2. The standard InChI is InChI=1S/C15H11F3N2S/c16-15(17,18)13-12(8-19)21-14(20-13)11-6-5-9-3-1-2-4-10(9)7-11/h1-7H,8,19H2. The summed E-state index contributed by atoms with van der Waals surface area (Å²) in [5.74, 6) is 0. The second kappa shape index (κ2) is 5.13. The van der Waals surface area contributed by atoms with E-state index in [1.807, 2.05) is 36.4 Å². The second-order valence-corrected chi connectivity index (χ2v) is 5.64. The lowest BCUT2D eigenvalue weighted by Crippen LogP contribution is -2.10. The van der Waals surface area contributed by atoms with Gasteiger partial charge in [0.1, 0.15) is 5.01 Å². The van der Waals surface area contributed by atoms with Crippen LogP contribution in [-0.4, -0.2) is 4.98 Å². The molecule has 0 aliphatic rings. The third-order valence-corrected chi connectivity index (χ3v) is 4.27. The number of benzene rings is 2. The number of nitrogens with zero attached hydrogens (tertiary/aromatic N) is 1. The van der Waals surface area contributed by atoms with Crippen LogP contribution in [0.5, 0.6) is 0 Å². The number of nitrogens with two attached hydrogens (primary N) is 1. The molecule has 108 valence electrons. The van der Waals surface area contributed by atoms with Crippen LogP contribution >= 0.6 is 11.3 Å². The van der Waals surface area contributed by atoms with Gasteiger partial charge in [-0.3, -0.25) is 0 Å². The first-order valence-corrected chi connectivity index (χ1v) is 7.07. The number of halogens is 3. The summed E-state index contributed by atoms with van der Waals surface area (Å²) in [7, 11) is 0. The average molecular weight is 308 g/mol. The molecule has 21 heavy (non-hydrogen) atoms. The van der Waals surface area contributed by atoms with Gasteiger partial charge in [0, 0.05) is 12.1 Å². The molecule has 0 aliphatic heterocycles. The van der Waals surface area contributed by atoms with Crippen molar-refractivity contribution in [1.29, 1.82) is 0 Å². The predicted octanol–water partition coefficient (Wildman–Crippen LogP) is 4.44. The maximum absolute atomic E-state index is 12.9.